The van der Waals surface area contributed by atoms with E-state index < -0.39 is 0 Å². The van der Waals surface area contributed by atoms with Gasteiger partial charge in [-0.3, -0.25) is 0 Å². The Kier molecular flexibility index (Phi) is 3.92. The van der Waals surface area contributed by atoms with Gasteiger partial charge in [0, 0.05) is 27.4 Å². The number of halogens is 1. The molecule has 0 spiro atoms. The zero-order chi connectivity index (χ0) is 13.2. The average molecular weight is 292 g/mol. The van der Waals surface area contributed by atoms with Gasteiger partial charge in [-0.05, 0) is 49.4 Å². The molecule has 0 amide bonds. The first-order chi connectivity index (χ1) is 9.24. The van der Waals surface area contributed by atoms with Gasteiger partial charge >= 0.3 is 0 Å². The van der Waals surface area contributed by atoms with Gasteiger partial charge in [0.1, 0.15) is 0 Å². The lowest BCUT2D eigenvalue weighted by molar-refractivity contribution is 0.579. The molecule has 1 aromatic heterocycles. The summed E-state index contributed by atoms with van der Waals surface area (Å²) in [7, 11) is 0. The van der Waals surface area contributed by atoms with Gasteiger partial charge in [-0.1, -0.05) is 29.8 Å². The Balaban J connectivity index is 1.64. The fourth-order valence-corrected chi connectivity index (χ4v) is 4.18. The van der Waals surface area contributed by atoms with Crippen molar-refractivity contribution in [3.05, 3.63) is 56.2 Å². The summed E-state index contributed by atoms with van der Waals surface area (Å²) < 4.78 is 0. The molecular formula is C16H18ClNS. The molecule has 19 heavy (non-hydrogen) atoms. The average Bonchev–Trinajstić information content (AvgIpc) is 2.97. The van der Waals surface area contributed by atoms with Crippen LogP contribution in [-0.4, -0.2) is 0 Å². The molecule has 1 unspecified atom stereocenters. The molecule has 3 heteroatoms. The molecule has 2 aromatic rings. The summed E-state index contributed by atoms with van der Waals surface area (Å²) in [4.78, 5) is 3.05. The third kappa shape index (κ3) is 2.86. The van der Waals surface area contributed by atoms with Crippen molar-refractivity contribution in [3.63, 3.8) is 0 Å². The maximum atomic E-state index is 6.22. The molecule has 1 nitrogen and oxygen atoms in total. The van der Waals surface area contributed by atoms with Crippen LogP contribution in [0.5, 0.6) is 0 Å². The lowest BCUT2D eigenvalue weighted by Crippen LogP contribution is -2.17. The van der Waals surface area contributed by atoms with Crippen LogP contribution >= 0.6 is 22.9 Å². The van der Waals surface area contributed by atoms with Crippen LogP contribution < -0.4 is 5.32 Å². The zero-order valence-corrected chi connectivity index (χ0v) is 12.7. The van der Waals surface area contributed by atoms with Crippen molar-refractivity contribution >= 4 is 22.9 Å². The molecule has 1 heterocycles. The maximum absolute atomic E-state index is 6.22. The summed E-state index contributed by atoms with van der Waals surface area (Å²) in [6, 6.07) is 10.7. The Morgan fingerprint density at radius 3 is 2.95 bits per heavy atom. The first-order valence-electron chi connectivity index (χ1n) is 6.82. The number of benzene rings is 1. The van der Waals surface area contributed by atoms with Gasteiger partial charge in [0.15, 0.2) is 0 Å². The van der Waals surface area contributed by atoms with E-state index in [4.69, 9.17) is 11.6 Å². The molecule has 0 bridgehead atoms. The first-order valence-corrected chi connectivity index (χ1v) is 8.02. The van der Waals surface area contributed by atoms with Gasteiger partial charge < -0.3 is 5.32 Å². The van der Waals surface area contributed by atoms with Crippen molar-refractivity contribution in [2.45, 2.75) is 38.8 Å². The van der Waals surface area contributed by atoms with Crippen molar-refractivity contribution in [3.8, 4) is 0 Å². The highest BCUT2D eigenvalue weighted by atomic mass is 35.5. The summed E-state index contributed by atoms with van der Waals surface area (Å²) in [6.45, 7) is 3.10. The summed E-state index contributed by atoms with van der Waals surface area (Å²) >= 11 is 8.19. The molecule has 0 fully saturated rings. The lowest BCUT2D eigenvalue weighted by atomic mass is 10.1. The molecule has 1 aliphatic rings. The zero-order valence-electron chi connectivity index (χ0n) is 11.1. The van der Waals surface area contributed by atoms with E-state index in [1.807, 2.05) is 29.5 Å². The summed E-state index contributed by atoms with van der Waals surface area (Å²) in [5, 5.41) is 4.41. The molecule has 1 N–H and O–H groups in total. The van der Waals surface area contributed by atoms with E-state index in [-0.39, 0.29) is 6.04 Å². The SMILES string of the molecule is CC(NCc1cc2c(s1)CCC2)c1ccccc1Cl. The van der Waals surface area contributed by atoms with E-state index in [0.717, 1.165) is 11.6 Å². The predicted molar refractivity (Wildman–Crippen MR) is 83.1 cm³/mol. The number of fused-ring (bicyclic) bond motifs is 1. The fourth-order valence-electron chi connectivity index (χ4n) is 2.67. The van der Waals surface area contributed by atoms with E-state index in [2.05, 4.69) is 24.4 Å². The van der Waals surface area contributed by atoms with Crippen LogP contribution in [0.4, 0.5) is 0 Å². The van der Waals surface area contributed by atoms with Gasteiger partial charge in [-0.25, -0.2) is 0 Å². The Bertz CT molecular complexity index is 554. The minimum atomic E-state index is 0.283. The van der Waals surface area contributed by atoms with Crippen molar-refractivity contribution in [1.82, 2.24) is 5.32 Å². The van der Waals surface area contributed by atoms with Crippen LogP contribution in [0, 0.1) is 0 Å². The normalized spacial score (nSPS) is 15.5. The molecular weight excluding hydrogens is 274 g/mol. The minimum absolute atomic E-state index is 0.283. The Hall–Kier alpha value is -0.830. The molecule has 3 rings (SSSR count). The quantitative estimate of drug-likeness (QED) is 0.858. The third-order valence-electron chi connectivity index (χ3n) is 3.75. The van der Waals surface area contributed by atoms with Crippen LogP contribution in [0.1, 0.15) is 40.3 Å². The molecule has 1 atom stereocenters. The van der Waals surface area contributed by atoms with Crippen molar-refractivity contribution < 1.29 is 0 Å². The number of aryl methyl sites for hydroxylation is 2. The van der Waals surface area contributed by atoms with Gasteiger partial charge in [-0.15, -0.1) is 11.3 Å². The maximum Gasteiger partial charge on any atom is 0.0453 e. The second kappa shape index (κ2) is 5.66. The summed E-state index contributed by atoms with van der Waals surface area (Å²) in [6.07, 6.45) is 3.89. The first kappa shape index (κ1) is 13.2. The van der Waals surface area contributed by atoms with Crippen molar-refractivity contribution in [2.24, 2.45) is 0 Å². The second-order valence-electron chi connectivity index (χ2n) is 5.14. The Labute approximate surface area is 123 Å². The van der Waals surface area contributed by atoms with Gasteiger partial charge in [0.2, 0.25) is 0 Å². The molecule has 1 aliphatic carbocycles. The minimum Gasteiger partial charge on any atom is -0.305 e. The monoisotopic (exact) mass is 291 g/mol. The molecule has 100 valence electrons. The van der Waals surface area contributed by atoms with E-state index in [1.54, 1.807) is 10.4 Å². The second-order valence-corrected chi connectivity index (χ2v) is 6.77. The van der Waals surface area contributed by atoms with Gasteiger partial charge in [0.05, 0.1) is 0 Å². The molecule has 0 aliphatic heterocycles. The molecule has 0 saturated heterocycles. The Morgan fingerprint density at radius 2 is 2.16 bits per heavy atom. The number of thiophene rings is 1. The van der Waals surface area contributed by atoms with Gasteiger partial charge in [0.25, 0.3) is 0 Å². The summed E-state index contributed by atoms with van der Waals surface area (Å²) in [5.41, 5.74) is 2.75. The standard InChI is InChI=1S/C16H18ClNS/c1-11(14-6-2-3-7-15(14)17)18-10-13-9-12-5-4-8-16(12)19-13/h2-3,6-7,9,11,18H,4-5,8,10H2,1H3. The summed E-state index contributed by atoms with van der Waals surface area (Å²) in [5.74, 6) is 0. The van der Waals surface area contributed by atoms with Crippen LogP contribution in [0.15, 0.2) is 30.3 Å². The number of hydrogen-bond acceptors (Lipinski definition) is 2. The molecule has 0 radical (unpaired) electrons. The van der Waals surface area contributed by atoms with E-state index in [9.17, 15) is 0 Å². The van der Waals surface area contributed by atoms with Crippen LogP contribution in [0.3, 0.4) is 0 Å². The topological polar surface area (TPSA) is 12.0 Å². The number of rotatable bonds is 4. The highest BCUT2D eigenvalue weighted by Gasteiger charge is 2.15. The smallest absolute Gasteiger partial charge is 0.0453 e. The van der Waals surface area contributed by atoms with Crippen molar-refractivity contribution in [2.75, 3.05) is 0 Å². The number of hydrogen-bond donors (Lipinski definition) is 1. The van der Waals surface area contributed by atoms with Crippen LogP contribution in [0.25, 0.3) is 0 Å². The third-order valence-corrected chi connectivity index (χ3v) is 5.33. The largest absolute Gasteiger partial charge is 0.305 e. The highest BCUT2D eigenvalue weighted by molar-refractivity contribution is 7.12. The van der Waals surface area contributed by atoms with Gasteiger partial charge in [-0.2, -0.15) is 0 Å². The Morgan fingerprint density at radius 1 is 1.32 bits per heavy atom. The molecule has 0 saturated carbocycles. The van der Waals surface area contributed by atoms with Crippen LogP contribution in [-0.2, 0) is 19.4 Å². The number of nitrogens with one attached hydrogen (secondary N) is 1. The highest BCUT2D eigenvalue weighted by Crippen LogP contribution is 2.31. The van der Waals surface area contributed by atoms with Crippen LogP contribution in [0.2, 0.25) is 5.02 Å². The molecule has 1 aromatic carbocycles. The van der Waals surface area contributed by atoms with E-state index in [0.29, 0.717) is 0 Å². The predicted octanol–water partition coefficient (Wildman–Crippen LogP) is 4.74. The van der Waals surface area contributed by atoms with E-state index in [1.165, 1.54) is 29.7 Å². The lowest BCUT2D eigenvalue weighted by Gasteiger charge is -2.15. The fraction of sp³-hybridized carbons (Fsp3) is 0.375. The van der Waals surface area contributed by atoms with Crippen molar-refractivity contribution in [1.29, 1.82) is 0 Å². The van der Waals surface area contributed by atoms with E-state index >= 15 is 0 Å².